The molecule has 0 aromatic rings. The number of fused-ring (bicyclic) bond motifs is 1. The minimum Gasteiger partial charge on any atom is -0.392 e. The number of aliphatic hydroxyl groups excluding tert-OH is 2. The van der Waals surface area contributed by atoms with Crippen LogP contribution in [0.4, 0.5) is 0 Å². The molecule has 0 radical (unpaired) electrons. The molecule has 0 aliphatic heterocycles. The van der Waals surface area contributed by atoms with Gasteiger partial charge in [0.05, 0.1) is 17.8 Å². The van der Waals surface area contributed by atoms with Gasteiger partial charge in [0, 0.05) is 5.92 Å². The fraction of sp³-hybridized carbons (Fsp3) is 0.786. The summed E-state index contributed by atoms with van der Waals surface area (Å²) < 4.78 is 0. The van der Waals surface area contributed by atoms with Gasteiger partial charge in [0.25, 0.3) is 0 Å². The largest absolute Gasteiger partial charge is 0.392 e. The number of hydrogen-bond acceptors (Lipinski definition) is 3. The molecule has 3 N–H and O–H groups in total. The topological polar surface area (TPSA) is 60.7 Å². The highest BCUT2D eigenvalue weighted by atomic mass is 16.3. The highest BCUT2D eigenvalue weighted by Crippen LogP contribution is 2.60. The molecule has 3 fully saturated rings. The second kappa shape index (κ2) is 9.53. The van der Waals surface area contributed by atoms with E-state index < -0.39 is 17.8 Å². The van der Waals surface area contributed by atoms with Crippen LogP contribution in [0.25, 0.3) is 0 Å². The van der Waals surface area contributed by atoms with Crippen molar-refractivity contribution in [1.29, 1.82) is 0 Å². The Morgan fingerprint density at radius 1 is 1.23 bits per heavy atom. The predicted molar refractivity (Wildman–Crippen MR) is 129 cm³/mol. The zero-order valence-corrected chi connectivity index (χ0v) is 20.5. The lowest BCUT2D eigenvalue weighted by Crippen LogP contribution is -2.36. The summed E-state index contributed by atoms with van der Waals surface area (Å²) >= 11 is 0. The molecule has 3 aliphatic carbocycles. The van der Waals surface area contributed by atoms with Crippen molar-refractivity contribution in [2.24, 2.45) is 29.1 Å². The molecular formula is C28H46O3. The van der Waals surface area contributed by atoms with Gasteiger partial charge in [-0.3, -0.25) is 0 Å². The summed E-state index contributed by atoms with van der Waals surface area (Å²) in [6.07, 6.45) is 13.4. The van der Waals surface area contributed by atoms with Gasteiger partial charge in [0.15, 0.2) is 0 Å². The van der Waals surface area contributed by atoms with Gasteiger partial charge in [0.1, 0.15) is 0 Å². The van der Waals surface area contributed by atoms with Crippen molar-refractivity contribution in [3.8, 4) is 0 Å². The molecule has 0 amide bonds. The summed E-state index contributed by atoms with van der Waals surface area (Å²) in [4.78, 5) is 0. The van der Waals surface area contributed by atoms with Crippen LogP contribution in [0, 0.1) is 29.1 Å². The van der Waals surface area contributed by atoms with Crippen LogP contribution in [0.3, 0.4) is 0 Å². The van der Waals surface area contributed by atoms with Crippen molar-refractivity contribution in [3.63, 3.8) is 0 Å². The molecule has 176 valence electrons. The van der Waals surface area contributed by atoms with E-state index in [1.54, 1.807) is 5.57 Å². The SMILES string of the molecule is C=C1C(=CC=C2CCC[C@]3(C)[C@@H]([C@@H](C)CCCC(C)(C)O)CC[C@@H]23)C[C@@H](O)[C@@H](C)[C@H]1O. The third-order valence-corrected chi connectivity index (χ3v) is 8.97. The quantitative estimate of drug-likeness (QED) is 0.488. The predicted octanol–water partition coefficient (Wildman–Crippen LogP) is 5.95. The van der Waals surface area contributed by atoms with Crippen molar-refractivity contribution >= 4 is 0 Å². The van der Waals surface area contributed by atoms with Gasteiger partial charge in [-0.1, -0.05) is 57.9 Å². The van der Waals surface area contributed by atoms with Crippen molar-refractivity contribution in [1.82, 2.24) is 0 Å². The number of rotatable bonds is 6. The molecule has 3 heteroatoms. The average molecular weight is 431 g/mol. The Kier molecular flexibility index (Phi) is 7.61. The van der Waals surface area contributed by atoms with E-state index in [-0.39, 0.29) is 5.92 Å². The van der Waals surface area contributed by atoms with E-state index in [2.05, 4.69) is 32.6 Å². The summed E-state index contributed by atoms with van der Waals surface area (Å²) in [5.74, 6) is 1.94. The minimum atomic E-state index is -0.648. The van der Waals surface area contributed by atoms with Gasteiger partial charge in [-0.25, -0.2) is 0 Å². The van der Waals surface area contributed by atoms with Crippen molar-refractivity contribution in [3.05, 3.63) is 35.5 Å². The molecule has 0 aromatic heterocycles. The van der Waals surface area contributed by atoms with Gasteiger partial charge >= 0.3 is 0 Å². The first kappa shape index (κ1) is 24.7. The lowest BCUT2D eigenvalue weighted by molar-refractivity contribution is 0.0283. The molecule has 0 heterocycles. The molecule has 0 saturated heterocycles. The molecule has 0 bridgehead atoms. The maximum Gasteiger partial charge on any atom is 0.0837 e. The van der Waals surface area contributed by atoms with Crippen LogP contribution < -0.4 is 0 Å². The molecule has 3 saturated carbocycles. The summed E-state index contributed by atoms with van der Waals surface area (Å²) in [6, 6.07) is 0. The van der Waals surface area contributed by atoms with Crippen LogP contribution in [0.15, 0.2) is 35.5 Å². The van der Waals surface area contributed by atoms with E-state index in [9.17, 15) is 15.3 Å². The van der Waals surface area contributed by atoms with Gasteiger partial charge in [0.2, 0.25) is 0 Å². The molecule has 0 spiro atoms. The van der Waals surface area contributed by atoms with Crippen LogP contribution >= 0.6 is 0 Å². The first-order chi connectivity index (χ1) is 14.4. The van der Waals surface area contributed by atoms with Gasteiger partial charge in [-0.15, -0.1) is 0 Å². The van der Waals surface area contributed by atoms with Crippen LogP contribution in [0.5, 0.6) is 0 Å². The van der Waals surface area contributed by atoms with E-state index in [0.717, 1.165) is 36.3 Å². The lowest BCUT2D eigenvalue weighted by atomic mass is 9.60. The van der Waals surface area contributed by atoms with Crippen molar-refractivity contribution < 1.29 is 15.3 Å². The van der Waals surface area contributed by atoms with Crippen LogP contribution in [0.2, 0.25) is 0 Å². The third kappa shape index (κ3) is 5.37. The first-order valence-electron chi connectivity index (χ1n) is 12.6. The molecule has 7 atom stereocenters. The third-order valence-electron chi connectivity index (χ3n) is 8.97. The minimum absolute atomic E-state index is 0.149. The van der Waals surface area contributed by atoms with Crippen LogP contribution in [0.1, 0.15) is 92.4 Å². The summed E-state index contributed by atoms with van der Waals surface area (Å²) in [6.45, 7) is 14.8. The molecule has 0 aromatic carbocycles. The maximum absolute atomic E-state index is 10.4. The zero-order valence-electron chi connectivity index (χ0n) is 20.5. The van der Waals surface area contributed by atoms with E-state index in [1.165, 1.54) is 32.1 Å². The van der Waals surface area contributed by atoms with Gasteiger partial charge in [-0.05, 0) is 93.1 Å². The highest BCUT2D eigenvalue weighted by Gasteiger charge is 2.50. The average Bonchev–Trinajstić information content (AvgIpc) is 3.04. The highest BCUT2D eigenvalue weighted by molar-refractivity contribution is 5.39. The summed E-state index contributed by atoms with van der Waals surface area (Å²) in [7, 11) is 0. The molecule has 31 heavy (non-hydrogen) atoms. The molecule has 3 nitrogen and oxygen atoms in total. The molecule has 0 unspecified atom stereocenters. The Hall–Kier alpha value is -0.900. The summed E-state index contributed by atoms with van der Waals surface area (Å²) in [5, 5.41) is 30.7. The van der Waals surface area contributed by atoms with E-state index in [1.807, 2.05) is 20.8 Å². The van der Waals surface area contributed by atoms with E-state index in [0.29, 0.717) is 23.7 Å². The van der Waals surface area contributed by atoms with Crippen molar-refractivity contribution in [2.45, 2.75) is 110 Å². The zero-order chi connectivity index (χ0) is 23.0. The molecule has 3 aliphatic rings. The van der Waals surface area contributed by atoms with E-state index in [4.69, 9.17) is 0 Å². The fourth-order valence-electron chi connectivity index (χ4n) is 6.91. The Morgan fingerprint density at radius 3 is 2.61 bits per heavy atom. The Labute approximate surface area is 190 Å². The molecular weight excluding hydrogens is 384 g/mol. The Bertz CT molecular complexity index is 712. The Balaban J connectivity index is 1.71. The van der Waals surface area contributed by atoms with Crippen LogP contribution in [-0.2, 0) is 0 Å². The lowest BCUT2D eigenvalue weighted by Gasteiger charge is -2.44. The summed E-state index contributed by atoms with van der Waals surface area (Å²) in [5.41, 5.74) is 3.15. The fourth-order valence-corrected chi connectivity index (χ4v) is 6.91. The number of aliphatic hydroxyl groups is 3. The number of hydrogen-bond donors (Lipinski definition) is 3. The first-order valence-corrected chi connectivity index (χ1v) is 12.6. The van der Waals surface area contributed by atoms with Crippen molar-refractivity contribution in [2.75, 3.05) is 0 Å². The number of allylic oxidation sites excluding steroid dienone is 3. The Morgan fingerprint density at radius 2 is 1.94 bits per heavy atom. The maximum atomic E-state index is 10.4. The normalized spacial score (nSPS) is 40.4. The van der Waals surface area contributed by atoms with E-state index >= 15 is 0 Å². The monoisotopic (exact) mass is 430 g/mol. The standard InChI is InChI=1S/C28H46O3/c1-18(9-7-15-27(4,5)31)23-13-14-24-21(10-8-16-28(23,24)6)11-12-22-17-25(29)20(3)26(30)19(22)2/h11-12,18,20,23-26,29-31H,2,7-10,13-17H2,1,3-6H3/t18-,20+,23+,24-,25+,26-,28+/m0/s1. The van der Waals surface area contributed by atoms with Crippen LogP contribution in [-0.4, -0.2) is 33.1 Å². The van der Waals surface area contributed by atoms with Gasteiger partial charge in [-0.2, -0.15) is 0 Å². The second-order valence-electron chi connectivity index (χ2n) is 11.8. The molecule has 3 rings (SSSR count). The second-order valence-corrected chi connectivity index (χ2v) is 11.8. The smallest absolute Gasteiger partial charge is 0.0837 e. The van der Waals surface area contributed by atoms with Gasteiger partial charge < -0.3 is 15.3 Å².